The number of hydrogen-bond donors (Lipinski definition) is 2. The Morgan fingerprint density at radius 2 is 2.33 bits per heavy atom. The Morgan fingerprint density at radius 3 is 3.00 bits per heavy atom. The zero-order valence-corrected chi connectivity index (χ0v) is 12.5. The van der Waals surface area contributed by atoms with Gasteiger partial charge in [-0.1, -0.05) is 11.8 Å². The summed E-state index contributed by atoms with van der Waals surface area (Å²) >= 11 is 0. The molecule has 2 atom stereocenters. The minimum Gasteiger partial charge on any atom is -0.384 e. The molecule has 1 fully saturated rings. The van der Waals surface area contributed by atoms with Crippen LogP contribution in [0.15, 0.2) is 18.2 Å². The maximum atomic E-state index is 12.3. The molecule has 0 aliphatic carbocycles. The van der Waals surface area contributed by atoms with E-state index in [9.17, 15) is 4.79 Å². The van der Waals surface area contributed by atoms with Gasteiger partial charge in [-0.2, -0.15) is 0 Å². The highest BCUT2D eigenvalue weighted by Gasteiger charge is 2.21. The van der Waals surface area contributed by atoms with Gasteiger partial charge >= 0.3 is 0 Å². The molecule has 0 spiro atoms. The largest absolute Gasteiger partial charge is 0.384 e. The van der Waals surface area contributed by atoms with Crippen molar-refractivity contribution >= 4 is 5.91 Å². The topological polar surface area (TPSA) is 58.6 Å². The summed E-state index contributed by atoms with van der Waals surface area (Å²) in [6.45, 7) is 4.47. The van der Waals surface area contributed by atoms with E-state index < -0.39 is 0 Å². The van der Waals surface area contributed by atoms with Gasteiger partial charge in [-0.05, 0) is 50.5 Å². The van der Waals surface area contributed by atoms with Crippen molar-refractivity contribution in [3.8, 4) is 11.8 Å². The van der Waals surface area contributed by atoms with E-state index in [0.717, 1.165) is 24.0 Å². The zero-order chi connectivity index (χ0) is 15.2. The van der Waals surface area contributed by atoms with Gasteiger partial charge in [0.15, 0.2) is 0 Å². The van der Waals surface area contributed by atoms with E-state index in [1.807, 2.05) is 26.0 Å². The average Bonchev–Trinajstić information content (AvgIpc) is 2.46. The molecule has 1 heterocycles. The lowest BCUT2D eigenvalue weighted by molar-refractivity contribution is 0.0136. The molecule has 1 aromatic carbocycles. The third-order valence-corrected chi connectivity index (χ3v) is 3.61. The number of rotatable bonds is 2. The normalized spacial score (nSPS) is 21.3. The van der Waals surface area contributed by atoms with E-state index in [2.05, 4.69) is 17.2 Å². The molecule has 1 saturated heterocycles. The molecule has 1 aliphatic heterocycles. The van der Waals surface area contributed by atoms with E-state index in [-0.39, 0.29) is 24.7 Å². The van der Waals surface area contributed by atoms with Crippen LogP contribution in [0.25, 0.3) is 0 Å². The maximum Gasteiger partial charge on any atom is 0.251 e. The number of carbonyl (C=O) groups excluding carboxylic acids is 1. The summed E-state index contributed by atoms with van der Waals surface area (Å²) in [5, 5.41) is 11.8. The zero-order valence-electron chi connectivity index (χ0n) is 12.5. The van der Waals surface area contributed by atoms with Crippen molar-refractivity contribution in [2.75, 3.05) is 13.2 Å². The molecule has 4 nitrogen and oxygen atoms in total. The fourth-order valence-electron chi connectivity index (χ4n) is 2.48. The highest BCUT2D eigenvalue weighted by Crippen LogP contribution is 2.15. The Hall–Kier alpha value is -1.83. The summed E-state index contributed by atoms with van der Waals surface area (Å²) in [5.41, 5.74) is 2.41. The summed E-state index contributed by atoms with van der Waals surface area (Å²) in [7, 11) is 0. The first-order valence-electron chi connectivity index (χ1n) is 7.23. The average molecular weight is 287 g/mol. The Balaban J connectivity index is 2.04. The molecule has 112 valence electrons. The van der Waals surface area contributed by atoms with Crippen molar-refractivity contribution in [2.24, 2.45) is 0 Å². The Kier molecular flexibility index (Phi) is 5.38. The van der Waals surface area contributed by atoms with Crippen LogP contribution in [0, 0.1) is 18.8 Å². The van der Waals surface area contributed by atoms with Crippen molar-refractivity contribution < 1.29 is 14.6 Å². The van der Waals surface area contributed by atoms with Gasteiger partial charge in [-0.15, -0.1) is 0 Å². The Morgan fingerprint density at radius 1 is 1.52 bits per heavy atom. The van der Waals surface area contributed by atoms with Crippen molar-refractivity contribution in [3.05, 3.63) is 34.9 Å². The fourth-order valence-corrected chi connectivity index (χ4v) is 2.48. The van der Waals surface area contributed by atoms with Crippen LogP contribution < -0.4 is 5.32 Å². The predicted molar refractivity (Wildman–Crippen MR) is 81.0 cm³/mol. The number of amides is 1. The molecule has 0 saturated carbocycles. The Labute approximate surface area is 125 Å². The number of ether oxygens (including phenoxy) is 1. The fraction of sp³-hybridized carbons (Fsp3) is 0.471. The van der Waals surface area contributed by atoms with Crippen LogP contribution in [-0.4, -0.2) is 36.4 Å². The lowest BCUT2D eigenvalue weighted by Gasteiger charge is -2.28. The third-order valence-electron chi connectivity index (χ3n) is 3.61. The quantitative estimate of drug-likeness (QED) is 0.813. The van der Waals surface area contributed by atoms with Gasteiger partial charge in [0.2, 0.25) is 0 Å². The van der Waals surface area contributed by atoms with Gasteiger partial charge in [-0.3, -0.25) is 4.79 Å². The van der Waals surface area contributed by atoms with Crippen molar-refractivity contribution in [2.45, 2.75) is 38.8 Å². The molecule has 1 aliphatic rings. The molecular weight excluding hydrogens is 266 g/mol. The minimum atomic E-state index is -0.163. The van der Waals surface area contributed by atoms with E-state index in [1.54, 1.807) is 6.07 Å². The lowest BCUT2D eigenvalue weighted by atomic mass is 10.0. The van der Waals surface area contributed by atoms with E-state index >= 15 is 0 Å². The van der Waals surface area contributed by atoms with Crippen LogP contribution in [0.5, 0.6) is 0 Å². The van der Waals surface area contributed by atoms with Crippen molar-refractivity contribution in [1.82, 2.24) is 5.32 Å². The highest BCUT2D eigenvalue weighted by atomic mass is 16.5. The molecule has 2 unspecified atom stereocenters. The van der Waals surface area contributed by atoms with Crippen LogP contribution in [0.4, 0.5) is 0 Å². The maximum absolute atomic E-state index is 12.3. The van der Waals surface area contributed by atoms with Crippen LogP contribution in [0.2, 0.25) is 0 Å². The molecule has 0 aromatic heterocycles. The number of nitrogens with one attached hydrogen (secondary N) is 1. The Bertz CT molecular complexity index is 571. The van der Waals surface area contributed by atoms with Gasteiger partial charge < -0.3 is 15.2 Å². The summed E-state index contributed by atoms with van der Waals surface area (Å²) < 4.78 is 5.48. The standard InChI is InChI=1S/C17H21NO3/c1-12-10-15(6-5-14(12)4-3-8-19)17(20)18-16-7-9-21-13(2)11-16/h5-6,10,13,16,19H,7-9,11H2,1-2H3,(H,18,20). The number of hydrogen-bond acceptors (Lipinski definition) is 3. The van der Waals surface area contributed by atoms with Gasteiger partial charge in [0.05, 0.1) is 6.10 Å². The minimum absolute atomic E-state index is 0.0566. The number of aryl methyl sites for hydroxylation is 1. The molecule has 2 rings (SSSR count). The number of aliphatic hydroxyl groups is 1. The summed E-state index contributed by atoms with van der Waals surface area (Å²) in [6, 6.07) is 5.60. The van der Waals surface area contributed by atoms with E-state index in [4.69, 9.17) is 9.84 Å². The highest BCUT2D eigenvalue weighted by molar-refractivity contribution is 5.94. The van der Waals surface area contributed by atoms with Crippen LogP contribution >= 0.6 is 0 Å². The van der Waals surface area contributed by atoms with Crippen LogP contribution in [0.1, 0.15) is 41.3 Å². The van der Waals surface area contributed by atoms with Gasteiger partial charge in [0.1, 0.15) is 6.61 Å². The first kappa shape index (κ1) is 15.6. The number of benzene rings is 1. The third kappa shape index (κ3) is 4.32. The second kappa shape index (κ2) is 7.26. The van der Waals surface area contributed by atoms with E-state index in [0.29, 0.717) is 12.2 Å². The number of aliphatic hydroxyl groups excluding tert-OH is 1. The lowest BCUT2D eigenvalue weighted by Crippen LogP contribution is -2.41. The SMILES string of the molecule is Cc1cc(C(=O)NC2CCOC(C)C2)ccc1C#CCO. The monoisotopic (exact) mass is 287 g/mol. The van der Waals surface area contributed by atoms with E-state index in [1.165, 1.54) is 0 Å². The molecule has 1 amide bonds. The molecule has 21 heavy (non-hydrogen) atoms. The predicted octanol–water partition coefficient (Wildman–Crippen LogP) is 1.64. The van der Waals surface area contributed by atoms with Crippen molar-refractivity contribution in [1.29, 1.82) is 0 Å². The van der Waals surface area contributed by atoms with Gasteiger partial charge in [0.25, 0.3) is 5.91 Å². The van der Waals surface area contributed by atoms with Crippen molar-refractivity contribution in [3.63, 3.8) is 0 Å². The second-order valence-corrected chi connectivity index (χ2v) is 5.37. The first-order chi connectivity index (χ1) is 10.1. The summed E-state index contributed by atoms with van der Waals surface area (Å²) in [5.74, 6) is 5.43. The molecule has 2 N–H and O–H groups in total. The van der Waals surface area contributed by atoms with Gasteiger partial charge in [0, 0.05) is 23.8 Å². The second-order valence-electron chi connectivity index (χ2n) is 5.37. The molecule has 0 radical (unpaired) electrons. The molecule has 1 aromatic rings. The van der Waals surface area contributed by atoms with Crippen LogP contribution in [-0.2, 0) is 4.74 Å². The molecule has 0 bridgehead atoms. The summed E-state index contributed by atoms with van der Waals surface area (Å²) in [4.78, 5) is 12.3. The van der Waals surface area contributed by atoms with Gasteiger partial charge in [-0.25, -0.2) is 0 Å². The smallest absolute Gasteiger partial charge is 0.251 e. The summed E-state index contributed by atoms with van der Waals surface area (Å²) in [6.07, 6.45) is 1.90. The number of carbonyl (C=O) groups is 1. The molecule has 4 heteroatoms. The first-order valence-corrected chi connectivity index (χ1v) is 7.23. The molecular formula is C17H21NO3. The van der Waals surface area contributed by atoms with Crippen LogP contribution in [0.3, 0.4) is 0 Å².